The van der Waals surface area contributed by atoms with Gasteiger partial charge in [0.25, 0.3) is 15.2 Å². The predicted molar refractivity (Wildman–Crippen MR) is 59.4 cm³/mol. The molecule has 0 atom stereocenters. The summed E-state index contributed by atoms with van der Waals surface area (Å²) < 4.78 is 24.1. The number of hydrogen-bond acceptors (Lipinski definition) is 5. The van der Waals surface area contributed by atoms with Gasteiger partial charge in [-0.25, -0.2) is 13.6 Å². The molecule has 0 aliphatic rings. The second-order valence-corrected chi connectivity index (χ2v) is 4.96. The van der Waals surface area contributed by atoms with E-state index in [0.29, 0.717) is 17.9 Å². The van der Waals surface area contributed by atoms with Crippen molar-refractivity contribution in [3.8, 4) is 11.4 Å². The largest absolute Gasteiger partial charge is 0.297 e. The van der Waals surface area contributed by atoms with Gasteiger partial charge in [0.2, 0.25) is 0 Å². The summed E-state index contributed by atoms with van der Waals surface area (Å²) >= 11 is 0. The summed E-state index contributed by atoms with van der Waals surface area (Å²) in [7, 11) is -3.87. The lowest BCUT2D eigenvalue weighted by Gasteiger charge is -2.04. The van der Waals surface area contributed by atoms with Crippen LogP contribution in [-0.4, -0.2) is 33.4 Å². The molecule has 0 unspecified atom stereocenters. The van der Waals surface area contributed by atoms with Gasteiger partial charge in [0.15, 0.2) is 5.82 Å². The van der Waals surface area contributed by atoms with Crippen molar-refractivity contribution in [3.05, 3.63) is 11.9 Å². The maximum Gasteiger partial charge on any atom is 0.273 e. The van der Waals surface area contributed by atoms with Crippen LogP contribution in [0, 0.1) is 6.92 Å². The number of nitrogens with two attached hydrogens (primary N) is 1. The number of nitrogens with zero attached hydrogens (tertiary/aromatic N) is 4. The Bertz CT molecular complexity index is 641. The molecule has 2 aromatic heterocycles. The minimum Gasteiger partial charge on any atom is -0.297 e. The summed E-state index contributed by atoms with van der Waals surface area (Å²) in [4.78, 5) is 0. The van der Waals surface area contributed by atoms with Gasteiger partial charge in [0.05, 0.1) is 11.8 Å². The van der Waals surface area contributed by atoms with E-state index < -0.39 is 10.0 Å². The van der Waals surface area contributed by atoms with Crippen molar-refractivity contribution in [1.82, 2.24) is 25.0 Å². The number of hydrogen-bond donors (Lipinski definition) is 2. The molecule has 3 N–H and O–H groups in total. The zero-order valence-electron chi connectivity index (χ0n) is 9.38. The van der Waals surface area contributed by atoms with Crippen molar-refractivity contribution in [3.63, 3.8) is 0 Å². The van der Waals surface area contributed by atoms with Crippen LogP contribution in [-0.2, 0) is 16.6 Å². The summed E-state index contributed by atoms with van der Waals surface area (Å²) in [6.45, 7) is 4.00. The van der Waals surface area contributed by atoms with Crippen LogP contribution in [0.2, 0.25) is 0 Å². The van der Waals surface area contributed by atoms with Crippen LogP contribution in [0.15, 0.2) is 11.4 Å². The van der Waals surface area contributed by atoms with Crippen LogP contribution in [0.1, 0.15) is 12.6 Å². The summed E-state index contributed by atoms with van der Waals surface area (Å²) in [5, 5.41) is 18.9. The minimum absolute atomic E-state index is 0.240. The topological polar surface area (TPSA) is 120 Å². The second-order valence-electron chi connectivity index (χ2n) is 3.50. The van der Waals surface area contributed by atoms with Crippen molar-refractivity contribution in [2.45, 2.75) is 25.5 Å². The highest BCUT2D eigenvalue weighted by atomic mass is 32.2. The molecule has 0 aromatic carbocycles. The zero-order valence-corrected chi connectivity index (χ0v) is 10.2. The molecule has 2 heterocycles. The fourth-order valence-electron chi connectivity index (χ4n) is 1.56. The van der Waals surface area contributed by atoms with Gasteiger partial charge in [-0.15, -0.1) is 10.2 Å². The van der Waals surface area contributed by atoms with Gasteiger partial charge in [-0.1, -0.05) is 0 Å². The van der Waals surface area contributed by atoms with E-state index in [9.17, 15) is 8.42 Å². The second kappa shape index (κ2) is 3.93. The highest BCUT2D eigenvalue weighted by molar-refractivity contribution is 7.89. The van der Waals surface area contributed by atoms with Crippen LogP contribution < -0.4 is 5.14 Å². The molecule has 0 bridgehead atoms. The number of primary sulfonamides is 1. The van der Waals surface area contributed by atoms with Crippen molar-refractivity contribution in [2.75, 3.05) is 0 Å². The molecule has 2 aromatic rings. The molecule has 0 radical (unpaired) electrons. The molecule has 0 amide bonds. The Morgan fingerprint density at radius 2 is 2.18 bits per heavy atom. The first-order valence-corrected chi connectivity index (χ1v) is 6.46. The number of rotatable bonds is 3. The molecule has 0 saturated heterocycles. The fraction of sp³-hybridized carbons (Fsp3) is 0.375. The Kier molecular flexibility index (Phi) is 2.71. The Hall–Kier alpha value is -1.74. The van der Waals surface area contributed by atoms with Gasteiger partial charge >= 0.3 is 0 Å². The molecule has 0 fully saturated rings. The van der Waals surface area contributed by atoms with Crippen LogP contribution in [0.4, 0.5) is 0 Å². The lowest BCUT2D eigenvalue weighted by atomic mass is 10.2. The Labute approximate surface area is 97.9 Å². The Morgan fingerprint density at radius 1 is 1.47 bits per heavy atom. The monoisotopic (exact) mass is 256 g/mol. The zero-order chi connectivity index (χ0) is 12.6. The Morgan fingerprint density at radius 3 is 2.65 bits per heavy atom. The highest BCUT2D eigenvalue weighted by Gasteiger charge is 2.22. The molecule has 17 heavy (non-hydrogen) atoms. The third-order valence-corrected chi connectivity index (χ3v) is 3.17. The van der Waals surface area contributed by atoms with E-state index in [2.05, 4.69) is 20.4 Å². The highest BCUT2D eigenvalue weighted by Crippen LogP contribution is 2.21. The predicted octanol–water partition coefficient (Wildman–Crippen LogP) is -0.356. The van der Waals surface area contributed by atoms with Crippen LogP contribution >= 0.6 is 0 Å². The molecule has 0 aliphatic carbocycles. The lowest BCUT2D eigenvalue weighted by molar-refractivity contribution is 0.571. The first-order valence-electron chi connectivity index (χ1n) is 4.91. The fourth-order valence-corrected chi connectivity index (χ4v) is 2.24. The number of H-pyrrole nitrogens is 1. The number of nitrogens with one attached hydrogen (secondary N) is 1. The molecule has 0 saturated carbocycles. The number of aromatic nitrogens is 5. The number of aryl methyl sites for hydroxylation is 1. The molecular formula is C8H12N6O2S. The molecule has 2 rings (SSSR count). The van der Waals surface area contributed by atoms with Crippen molar-refractivity contribution in [1.29, 1.82) is 0 Å². The maximum absolute atomic E-state index is 11.3. The van der Waals surface area contributed by atoms with Gasteiger partial charge < -0.3 is 0 Å². The molecular weight excluding hydrogens is 244 g/mol. The average Bonchev–Trinajstić information content (AvgIpc) is 2.81. The first-order chi connectivity index (χ1) is 7.95. The minimum atomic E-state index is -3.87. The Balaban J connectivity index is 2.66. The van der Waals surface area contributed by atoms with Crippen molar-refractivity contribution < 1.29 is 8.42 Å². The molecule has 8 nitrogen and oxygen atoms in total. The van der Waals surface area contributed by atoms with Crippen molar-refractivity contribution >= 4 is 10.0 Å². The average molecular weight is 256 g/mol. The molecule has 0 aliphatic heterocycles. The maximum atomic E-state index is 11.3. The van der Waals surface area contributed by atoms with E-state index in [-0.39, 0.29) is 5.16 Å². The summed E-state index contributed by atoms with van der Waals surface area (Å²) in [5.74, 6) is 0.433. The van der Waals surface area contributed by atoms with Crippen LogP contribution in [0.3, 0.4) is 0 Å². The normalized spacial score (nSPS) is 11.9. The smallest absolute Gasteiger partial charge is 0.273 e. The number of sulfonamides is 1. The van der Waals surface area contributed by atoms with E-state index in [1.165, 1.54) is 4.57 Å². The van der Waals surface area contributed by atoms with E-state index in [1.54, 1.807) is 13.1 Å². The van der Waals surface area contributed by atoms with Crippen molar-refractivity contribution in [2.24, 2.45) is 5.14 Å². The molecule has 0 spiro atoms. The first kappa shape index (κ1) is 11.7. The van der Waals surface area contributed by atoms with Gasteiger partial charge in [-0.3, -0.25) is 9.67 Å². The number of aromatic amines is 1. The molecule has 92 valence electrons. The van der Waals surface area contributed by atoms with Gasteiger partial charge in [-0.2, -0.15) is 5.10 Å². The van der Waals surface area contributed by atoms with Crippen LogP contribution in [0.25, 0.3) is 11.4 Å². The van der Waals surface area contributed by atoms with E-state index in [0.717, 1.165) is 5.69 Å². The lowest BCUT2D eigenvalue weighted by Crippen LogP contribution is -2.18. The molecule has 9 heteroatoms. The van der Waals surface area contributed by atoms with E-state index >= 15 is 0 Å². The third-order valence-electron chi connectivity index (χ3n) is 2.36. The van der Waals surface area contributed by atoms with Crippen LogP contribution in [0.5, 0.6) is 0 Å². The van der Waals surface area contributed by atoms with Gasteiger partial charge in [-0.05, 0) is 13.8 Å². The van der Waals surface area contributed by atoms with E-state index in [1.807, 2.05) is 6.92 Å². The third kappa shape index (κ3) is 1.94. The summed E-state index contributed by atoms with van der Waals surface area (Å²) in [6, 6.07) is 0. The van der Waals surface area contributed by atoms with E-state index in [4.69, 9.17) is 5.14 Å². The quantitative estimate of drug-likeness (QED) is 0.777. The standard InChI is InChI=1S/C8H12N6O2S/c1-3-14-7(6-4-10-11-5(6)2)12-13-8(14)17(9,15)16/h4H,3H2,1-2H3,(H,10,11)(H2,9,15,16). The van der Waals surface area contributed by atoms with Gasteiger partial charge in [0.1, 0.15) is 0 Å². The SMILES string of the molecule is CCn1c(-c2cn[nH]c2C)nnc1S(N)(=O)=O. The summed E-state index contributed by atoms with van der Waals surface area (Å²) in [6.07, 6.45) is 1.57. The van der Waals surface area contributed by atoms with Gasteiger partial charge in [0, 0.05) is 12.2 Å². The summed E-state index contributed by atoms with van der Waals surface area (Å²) in [5.41, 5.74) is 1.49.